The van der Waals surface area contributed by atoms with E-state index in [1.807, 2.05) is 30.3 Å². The van der Waals surface area contributed by atoms with Gasteiger partial charge < -0.3 is 16.3 Å². The molecule has 1 saturated carbocycles. The van der Waals surface area contributed by atoms with Crippen LogP contribution in [-0.4, -0.2) is 29.7 Å². The number of nitrogens with one attached hydrogen (secondary N) is 1. The van der Waals surface area contributed by atoms with Crippen molar-refractivity contribution in [1.29, 1.82) is 0 Å². The number of carbonyl (C=O) groups is 1. The van der Waals surface area contributed by atoms with Crippen LogP contribution in [-0.2, 0) is 0 Å². The molecule has 1 aromatic rings. The van der Waals surface area contributed by atoms with Crippen LogP contribution in [0, 0.1) is 0 Å². The van der Waals surface area contributed by atoms with Gasteiger partial charge in [0.25, 0.3) is 0 Å². The summed E-state index contributed by atoms with van der Waals surface area (Å²) in [6.07, 6.45) is 4.73. The molecule has 0 bridgehead atoms. The zero-order valence-electron chi connectivity index (χ0n) is 12.0. The van der Waals surface area contributed by atoms with Crippen LogP contribution >= 0.6 is 0 Å². The number of urea groups is 1. The standard InChI is InChI=1S/C15H22N4O2/c16-14(18-21)10-11-19(13-8-2-1-3-9-13)15(20)17-12-6-4-5-7-12/h1-3,8-9,12,21H,4-7,10-11H2,(H2,16,18)(H,17,20). The number of amides is 2. The van der Waals surface area contributed by atoms with Crippen LogP contribution in [0.4, 0.5) is 10.5 Å². The first-order chi connectivity index (χ1) is 10.2. The SMILES string of the molecule is N/C(CCN(C(=O)NC1CCCC1)c1ccccc1)=N/O. The van der Waals surface area contributed by atoms with E-state index in [0.717, 1.165) is 18.5 Å². The lowest BCUT2D eigenvalue weighted by atomic mass is 10.2. The van der Waals surface area contributed by atoms with Gasteiger partial charge in [0.2, 0.25) is 0 Å². The number of hydrogen-bond acceptors (Lipinski definition) is 3. The molecule has 0 aromatic heterocycles. The van der Waals surface area contributed by atoms with Crippen LogP contribution in [0.5, 0.6) is 0 Å². The third-order valence-corrected chi connectivity index (χ3v) is 3.72. The number of hydrogen-bond donors (Lipinski definition) is 3. The van der Waals surface area contributed by atoms with Gasteiger partial charge in [0.05, 0.1) is 0 Å². The number of para-hydroxylation sites is 1. The molecule has 0 radical (unpaired) electrons. The Bertz CT molecular complexity index is 484. The molecule has 2 rings (SSSR count). The first kappa shape index (κ1) is 15.2. The van der Waals surface area contributed by atoms with Crippen LogP contribution in [0.2, 0.25) is 0 Å². The second kappa shape index (κ2) is 7.52. The van der Waals surface area contributed by atoms with Crippen LogP contribution in [0.15, 0.2) is 35.5 Å². The highest BCUT2D eigenvalue weighted by atomic mass is 16.4. The normalized spacial score (nSPS) is 15.9. The van der Waals surface area contributed by atoms with Crippen molar-refractivity contribution in [3.8, 4) is 0 Å². The third kappa shape index (κ3) is 4.37. The first-order valence-electron chi connectivity index (χ1n) is 7.30. The molecule has 4 N–H and O–H groups in total. The Morgan fingerprint density at radius 2 is 2.00 bits per heavy atom. The zero-order chi connectivity index (χ0) is 15.1. The number of carbonyl (C=O) groups excluding carboxylic acids is 1. The van der Waals surface area contributed by atoms with Crippen LogP contribution in [0.1, 0.15) is 32.1 Å². The summed E-state index contributed by atoms with van der Waals surface area (Å²) in [5.74, 6) is 0.115. The van der Waals surface area contributed by atoms with Gasteiger partial charge in [0.15, 0.2) is 0 Å². The Balaban J connectivity index is 2.05. The van der Waals surface area contributed by atoms with Gasteiger partial charge in [-0.3, -0.25) is 4.90 Å². The molecule has 1 aromatic carbocycles. The summed E-state index contributed by atoms with van der Waals surface area (Å²) in [5, 5.41) is 14.6. The van der Waals surface area contributed by atoms with E-state index in [0.29, 0.717) is 13.0 Å². The molecular weight excluding hydrogens is 268 g/mol. The second-order valence-corrected chi connectivity index (χ2v) is 5.26. The molecule has 0 saturated heterocycles. The molecule has 0 heterocycles. The zero-order valence-corrected chi connectivity index (χ0v) is 12.0. The molecule has 1 aliphatic rings. The molecule has 1 fully saturated rings. The molecule has 0 spiro atoms. The van der Waals surface area contributed by atoms with E-state index >= 15 is 0 Å². The molecule has 2 amide bonds. The van der Waals surface area contributed by atoms with Crippen molar-refractivity contribution >= 4 is 17.6 Å². The van der Waals surface area contributed by atoms with Crippen molar-refractivity contribution in [2.75, 3.05) is 11.4 Å². The maximum absolute atomic E-state index is 12.5. The van der Waals surface area contributed by atoms with Crippen molar-refractivity contribution in [3.63, 3.8) is 0 Å². The highest BCUT2D eigenvalue weighted by Gasteiger charge is 2.21. The number of amidine groups is 1. The molecule has 6 heteroatoms. The number of rotatable bonds is 5. The van der Waals surface area contributed by atoms with Gasteiger partial charge in [0, 0.05) is 24.7 Å². The largest absolute Gasteiger partial charge is 0.409 e. The third-order valence-electron chi connectivity index (χ3n) is 3.72. The van der Waals surface area contributed by atoms with Crippen molar-refractivity contribution in [3.05, 3.63) is 30.3 Å². The highest BCUT2D eigenvalue weighted by Crippen LogP contribution is 2.19. The van der Waals surface area contributed by atoms with Gasteiger partial charge in [-0.15, -0.1) is 0 Å². The predicted octanol–water partition coefficient (Wildman–Crippen LogP) is 2.28. The molecule has 0 unspecified atom stereocenters. The first-order valence-corrected chi connectivity index (χ1v) is 7.30. The van der Waals surface area contributed by atoms with E-state index < -0.39 is 0 Å². The fourth-order valence-electron chi connectivity index (χ4n) is 2.55. The molecule has 1 aliphatic carbocycles. The Labute approximate surface area is 124 Å². The highest BCUT2D eigenvalue weighted by molar-refractivity contribution is 5.93. The summed E-state index contributed by atoms with van der Waals surface area (Å²) in [7, 11) is 0. The van der Waals surface area contributed by atoms with Gasteiger partial charge in [-0.1, -0.05) is 36.2 Å². The Morgan fingerprint density at radius 1 is 1.33 bits per heavy atom. The Hall–Kier alpha value is -2.24. The summed E-state index contributed by atoms with van der Waals surface area (Å²) in [4.78, 5) is 14.1. The maximum atomic E-state index is 12.5. The quantitative estimate of drug-likeness (QED) is 0.336. The Morgan fingerprint density at radius 3 is 2.62 bits per heavy atom. The van der Waals surface area contributed by atoms with Crippen molar-refractivity contribution in [2.24, 2.45) is 10.9 Å². The predicted molar refractivity (Wildman–Crippen MR) is 82.6 cm³/mol. The van der Waals surface area contributed by atoms with Crippen molar-refractivity contribution in [1.82, 2.24) is 5.32 Å². The summed E-state index contributed by atoms with van der Waals surface area (Å²) in [6.45, 7) is 0.373. The maximum Gasteiger partial charge on any atom is 0.322 e. The fourth-order valence-corrected chi connectivity index (χ4v) is 2.55. The molecular formula is C15H22N4O2. The van der Waals surface area contributed by atoms with E-state index in [-0.39, 0.29) is 17.9 Å². The minimum Gasteiger partial charge on any atom is -0.409 e. The van der Waals surface area contributed by atoms with Gasteiger partial charge in [-0.05, 0) is 25.0 Å². The lowest BCUT2D eigenvalue weighted by Gasteiger charge is -2.25. The fraction of sp³-hybridized carbons (Fsp3) is 0.467. The summed E-state index contributed by atoms with van der Waals surface area (Å²) in [6, 6.07) is 9.55. The summed E-state index contributed by atoms with van der Waals surface area (Å²) >= 11 is 0. The van der Waals surface area contributed by atoms with E-state index in [1.165, 1.54) is 12.8 Å². The van der Waals surface area contributed by atoms with Gasteiger partial charge >= 0.3 is 6.03 Å². The van der Waals surface area contributed by atoms with Crippen molar-refractivity contribution < 1.29 is 10.0 Å². The summed E-state index contributed by atoms with van der Waals surface area (Å²) < 4.78 is 0. The van der Waals surface area contributed by atoms with E-state index in [1.54, 1.807) is 4.90 Å². The van der Waals surface area contributed by atoms with E-state index in [4.69, 9.17) is 10.9 Å². The minimum absolute atomic E-state index is 0.115. The average molecular weight is 290 g/mol. The van der Waals surface area contributed by atoms with Crippen LogP contribution < -0.4 is 16.0 Å². The number of oxime groups is 1. The number of anilines is 1. The summed E-state index contributed by atoms with van der Waals surface area (Å²) in [5.41, 5.74) is 6.31. The van der Waals surface area contributed by atoms with Gasteiger partial charge in [0.1, 0.15) is 5.84 Å². The molecule has 0 aliphatic heterocycles. The van der Waals surface area contributed by atoms with Crippen LogP contribution in [0.3, 0.4) is 0 Å². The lowest BCUT2D eigenvalue weighted by Crippen LogP contribution is -2.45. The van der Waals surface area contributed by atoms with Gasteiger partial charge in [-0.25, -0.2) is 4.79 Å². The number of nitrogens with zero attached hydrogens (tertiary/aromatic N) is 2. The second-order valence-electron chi connectivity index (χ2n) is 5.26. The van der Waals surface area contributed by atoms with Crippen molar-refractivity contribution in [2.45, 2.75) is 38.1 Å². The van der Waals surface area contributed by atoms with Gasteiger partial charge in [-0.2, -0.15) is 0 Å². The lowest BCUT2D eigenvalue weighted by molar-refractivity contribution is 0.242. The number of nitrogens with two attached hydrogens (primary N) is 1. The van der Waals surface area contributed by atoms with Crippen LogP contribution in [0.25, 0.3) is 0 Å². The monoisotopic (exact) mass is 290 g/mol. The van der Waals surface area contributed by atoms with E-state index in [9.17, 15) is 4.79 Å². The van der Waals surface area contributed by atoms with E-state index in [2.05, 4.69) is 10.5 Å². The smallest absolute Gasteiger partial charge is 0.322 e. The molecule has 114 valence electrons. The molecule has 0 atom stereocenters. The number of benzene rings is 1. The minimum atomic E-state index is -0.126. The average Bonchev–Trinajstić information content (AvgIpc) is 3.01. The molecule has 6 nitrogen and oxygen atoms in total. The Kier molecular flexibility index (Phi) is 5.43. The molecule has 21 heavy (non-hydrogen) atoms. The topological polar surface area (TPSA) is 91.0 Å².